The maximum absolute atomic E-state index is 14.0. The van der Waals surface area contributed by atoms with Gasteiger partial charge in [0, 0.05) is 52.4 Å². The highest BCUT2D eigenvalue weighted by Crippen LogP contribution is 2.36. The van der Waals surface area contributed by atoms with Crippen LogP contribution >= 0.6 is 0 Å². The monoisotopic (exact) mass is 856 g/mol. The van der Waals surface area contributed by atoms with E-state index in [0.29, 0.717) is 24.7 Å². The van der Waals surface area contributed by atoms with Crippen LogP contribution in [0, 0.1) is 11.8 Å². The first-order valence-corrected chi connectivity index (χ1v) is 21.5. The zero-order chi connectivity index (χ0) is 44.7. The molecule has 0 aliphatic carbocycles. The van der Waals surface area contributed by atoms with Gasteiger partial charge in [-0.3, -0.25) is 9.59 Å². The van der Waals surface area contributed by atoms with Gasteiger partial charge in [-0.05, 0) is 72.2 Å². The lowest BCUT2D eigenvalue weighted by Crippen LogP contribution is -2.45. The van der Waals surface area contributed by atoms with E-state index >= 15 is 0 Å². The predicted molar refractivity (Wildman–Crippen MR) is 244 cm³/mol. The number of imidazole rings is 2. The molecule has 64 heavy (non-hydrogen) atoms. The maximum atomic E-state index is 14.0. The molecule has 2 aliphatic heterocycles. The Labute approximate surface area is 373 Å². The van der Waals surface area contributed by atoms with Gasteiger partial charge in [-0.2, -0.15) is 0 Å². The standard InChI is InChI=1S/C50H52N10O4/c1-57(2)49(63)55-43(37-13-7-5-8-14-37)47(61)59-29-11-17-41(59)45-51-31-39(53-45)35-25-21-33(22-26-35)19-20-34-23-27-36(28-24-34)40-32-52-46(54-40)42-18-12-30-60(42)48(62)44(56-50(64)58(3)4)38-15-9-6-10-16-38/h5-10,13-16,21-28,31-32,41-44H,11-12,17-18,29-30H2,1-4H3,(H,51,53)(H,52,54)(H,55,63)(H,56,64). The van der Waals surface area contributed by atoms with Gasteiger partial charge in [0.15, 0.2) is 0 Å². The molecule has 4 aromatic carbocycles. The SMILES string of the molecule is CN(C)C(=O)NC(C(=O)N1CCCC1c1ncc(-c2ccc(C#Cc3ccc(-c4cnc(C5CCCN5C(=O)C(NC(=O)N(C)C)c5ccccc5)[nH]4)cc3)cc2)[nH]1)c1ccccc1. The molecular weight excluding hydrogens is 805 g/mol. The Hall–Kier alpha value is -7.66. The third-order valence-electron chi connectivity index (χ3n) is 11.7. The minimum atomic E-state index is -0.818. The number of carbonyl (C=O) groups excluding carboxylic acids is 4. The van der Waals surface area contributed by atoms with Gasteiger partial charge >= 0.3 is 12.1 Å². The number of hydrogen-bond acceptors (Lipinski definition) is 6. The van der Waals surface area contributed by atoms with Crippen LogP contribution in [-0.2, 0) is 9.59 Å². The summed E-state index contributed by atoms with van der Waals surface area (Å²) in [5.41, 5.74) is 6.73. The Morgan fingerprint density at radius 1 is 0.578 bits per heavy atom. The summed E-state index contributed by atoms with van der Waals surface area (Å²) in [6, 6.07) is 31.7. The Morgan fingerprint density at radius 2 is 0.953 bits per heavy atom. The summed E-state index contributed by atoms with van der Waals surface area (Å²) < 4.78 is 0. The molecule has 6 amide bonds. The van der Waals surface area contributed by atoms with Crippen LogP contribution in [0.25, 0.3) is 22.5 Å². The van der Waals surface area contributed by atoms with Crippen molar-refractivity contribution in [2.45, 2.75) is 49.9 Å². The average Bonchev–Trinajstić information content (AvgIpc) is 4.17. The highest BCUT2D eigenvalue weighted by molar-refractivity contribution is 5.89. The smallest absolute Gasteiger partial charge is 0.317 e. The zero-order valence-electron chi connectivity index (χ0n) is 36.4. The van der Waals surface area contributed by atoms with Gasteiger partial charge in [0.1, 0.15) is 23.7 Å². The fraction of sp³-hybridized carbons (Fsp3) is 0.280. The molecular formula is C50H52N10O4. The van der Waals surface area contributed by atoms with Crippen molar-refractivity contribution < 1.29 is 19.2 Å². The maximum Gasteiger partial charge on any atom is 0.317 e. The predicted octanol–water partition coefficient (Wildman–Crippen LogP) is 7.22. The fourth-order valence-corrected chi connectivity index (χ4v) is 8.25. The molecule has 0 spiro atoms. The van der Waals surface area contributed by atoms with Gasteiger partial charge in [0.2, 0.25) is 11.8 Å². The third-order valence-corrected chi connectivity index (χ3v) is 11.7. The quantitative estimate of drug-likeness (QED) is 0.106. The molecule has 4 N–H and O–H groups in total. The van der Waals surface area contributed by atoms with E-state index in [0.717, 1.165) is 70.5 Å². The first kappa shape index (κ1) is 43.0. The number of nitrogens with one attached hydrogen (secondary N) is 4. The first-order chi connectivity index (χ1) is 31.0. The normalized spacial score (nSPS) is 16.6. The van der Waals surface area contributed by atoms with Gasteiger partial charge in [-0.15, -0.1) is 0 Å². The lowest BCUT2D eigenvalue weighted by atomic mass is 10.0. The van der Waals surface area contributed by atoms with Crippen molar-refractivity contribution >= 4 is 23.9 Å². The van der Waals surface area contributed by atoms with Crippen LogP contribution in [0.15, 0.2) is 122 Å². The van der Waals surface area contributed by atoms with E-state index in [2.05, 4.69) is 32.4 Å². The first-order valence-electron chi connectivity index (χ1n) is 21.5. The van der Waals surface area contributed by atoms with Crippen molar-refractivity contribution in [1.82, 2.24) is 50.2 Å². The number of hydrogen-bond donors (Lipinski definition) is 4. The molecule has 2 aliphatic rings. The van der Waals surface area contributed by atoms with Gasteiger partial charge in [-0.25, -0.2) is 19.6 Å². The minimum absolute atomic E-state index is 0.168. The number of amides is 6. The second-order valence-corrected chi connectivity index (χ2v) is 16.5. The van der Waals surface area contributed by atoms with Gasteiger partial charge in [-0.1, -0.05) is 96.8 Å². The van der Waals surface area contributed by atoms with Crippen molar-refractivity contribution in [2.75, 3.05) is 41.3 Å². The van der Waals surface area contributed by atoms with Crippen molar-refractivity contribution in [3.63, 3.8) is 0 Å². The topological polar surface area (TPSA) is 163 Å². The molecule has 4 heterocycles. The van der Waals surface area contributed by atoms with Crippen LogP contribution in [0.3, 0.4) is 0 Å². The summed E-state index contributed by atoms with van der Waals surface area (Å²) >= 11 is 0. The average molecular weight is 857 g/mol. The molecule has 8 rings (SSSR count). The lowest BCUT2D eigenvalue weighted by molar-refractivity contribution is -0.135. The van der Waals surface area contributed by atoms with Crippen molar-refractivity contribution in [2.24, 2.45) is 0 Å². The molecule has 4 atom stereocenters. The molecule has 6 aromatic rings. The van der Waals surface area contributed by atoms with Gasteiger partial charge in [0.25, 0.3) is 0 Å². The zero-order valence-corrected chi connectivity index (χ0v) is 36.4. The molecule has 2 aromatic heterocycles. The molecule has 4 unspecified atom stereocenters. The molecule has 0 radical (unpaired) electrons. The summed E-state index contributed by atoms with van der Waals surface area (Å²) in [5.74, 6) is 7.62. The highest BCUT2D eigenvalue weighted by Gasteiger charge is 2.38. The van der Waals surface area contributed by atoms with E-state index in [1.54, 1.807) is 40.6 Å². The number of H-pyrrole nitrogens is 2. The Kier molecular flexibility index (Phi) is 12.9. The Morgan fingerprint density at radius 3 is 1.31 bits per heavy atom. The number of carbonyl (C=O) groups is 4. The number of nitrogens with zero attached hydrogens (tertiary/aromatic N) is 6. The Bertz CT molecular complexity index is 2470. The van der Waals surface area contributed by atoms with E-state index in [9.17, 15) is 19.2 Å². The van der Waals surface area contributed by atoms with E-state index in [-0.39, 0.29) is 36.0 Å². The summed E-state index contributed by atoms with van der Waals surface area (Å²) in [7, 11) is 6.61. The molecule has 14 heteroatoms. The number of aromatic amines is 2. The Balaban J connectivity index is 0.902. The molecule has 0 bridgehead atoms. The van der Waals surface area contributed by atoms with Crippen molar-refractivity contribution in [3.05, 3.63) is 155 Å². The van der Waals surface area contributed by atoms with E-state index in [4.69, 9.17) is 9.97 Å². The van der Waals surface area contributed by atoms with E-state index < -0.39 is 12.1 Å². The van der Waals surface area contributed by atoms with Crippen LogP contribution in [0.2, 0.25) is 0 Å². The number of benzene rings is 4. The molecule has 2 fully saturated rings. The second-order valence-electron chi connectivity index (χ2n) is 16.5. The third kappa shape index (κ3) is 9.53. The summed E-state index contributed by atoms with van der Waals surface area (Å²) in [6.07, 6.45) is 6.77. The van der Waals surface area contributed by atoms with Crippen LogP contribution < -0.4 is 10.6 Å². The largest absolute Gasteiger partial charge is 0.340 e. The number of urea groups is 2. The fourth-order valence-electron chi connectivity index (χ4n) is 8.25. The van der Waals surface area contributed by atoms with E-state index in [1.807, 2.05) is 119 Å². The molecule has 0 saturated carbocycles. The van der Waals surface area contributed by atoms with Crippen molar-refractivity contribution in [1.29, 1.82) is 0 Å². The summed E-state index contributed by atoms with van der Waals surface area (Å²) in [5, 5.41) is 5.81. The summed E-state index contributed by atoms with van der Waals surface area (Å²) in [4.78, 5) is 76.2. The van der Waals surface area contributed by atoms with Crippen LogP contribution in [-0.4, -0.2) is 105 Å². The second kappa shape index (κ2) is 19.2. The molecule has 326 valence electrons. The number of likely N-dealkylation sites (tertiary alicyclic amines) is 2. The highest BCUT2D eigenvalue weighted by atomic mass is 16.2. The van der Waals surface area contributed by atoms with Crippen LogP contribution in [0.1, 0.15) is 83.8 Å². The van der Waals surface area contributed by atoms with Crippen LogP contribution in [0.5, 0.6) is 0 Å². The van der Waals surface area contributed by atoms with Crippen LogP contribution in [0.4, 0.5) is 9.59 Å². The minimum Gasteiger partial charge on any atom is -0.340 e. The van der Waals surface area contributed by atoms with E-state index in [1.165, 1.54) is 9.80 Å². The lowest BCUT2D eigenvalue weighted by Gasteiger charge is -2.29. The number of aromatic nitrogens is 4. The molecule has 14 nitrogen and oxygen atoms in total. The number of rotatable bonds is 10. The van der Waals surface area contributed by atoms with Crippen molar-refractivity contribution in [3.8, 4) is 34.4 Å². The van der Waals surface area contributed by atoms with Gasteiger partial charge in [0.05, 0.1) is 35.9 Å². The molecule has 2 saturated heterocycles. The summed E-state index contributed by atoms with van der Waals surface area (Å²) in [6.45, 7) is 1.14. The van der Waals surface area contributed by atoms with Gasteiger partial charge < -0.3 is 40.2 Å².